The fourth-order valence-electron chi connectivity index (χ4n) is 6.81. The van der Waals surface area contributed by atoms with Gasteiger partial charge in [-0.2, -0.15) is 0 Å². The van der Waals surface area contributed by atoms with Gasteiger partial charge in [0.25, 0.3) is 0 Å². The molecule has 4 nitrogen and oxygen atoms in total. The number of rotatable bonds is 4. The van der Waals surface area contributed by atoms with Gasteiger partial charge in [-0.3, -0.25) is 0 Å². The lowest BCUT2D eigenvalue weighted by Gasteiger charge is -2.53. The van der Waals surface area contributed by atoms with Crippen LogP contribution in [0.2, 0.25) is 0 Å². The van der Waals surface area contributed by atoms with E-state index in [-0.39, 0.29) is 29.8 Å². The minimum absolute atomic E-state index is 0.179. The predicted molar refractivity (Wildman–Crippen MR) is 109 cm³/mol. The Morgan fingerprint density at radius 3 is 2.57 bits per heavy atom. The molecule has 28 heavy (non-hydrogen) atoms. The highest BCUT2D eigenvalue weighted by atomic mass is 16.6. The third-order valence-corrected chi connectivity index (χ3v) is 8.58. The minimum atomic E-state index is -0.581. The first-order chi connectivity index (χ1) is 13.3. The van der Waals surface area contributed by atoms with E-state index in [9.17, 15) is 9.90 Å². The second-order valence-corrected chi connectivity index (χ2v) is 10.5. The Kier molecular flexibility index (Phi) is 5.41. The van der Waals surface area contributed by atoms with Crippen LogP contribution in [0.25, 0.3) is 0 Å². The standard InChI is InChI=1S/C24H38O4/c1-15(2)24-14-19(25)23(4,28-24)18-12-10-16(3)21(18)22(24)27-20(26)13-11-17-8-6-5-7-9-17/h11,13,15-19,21-22,25H,5-10,12,14H2,1-4H3/b13-11+. The van der Waals surface area contributed by atoms with Crippen molar-refractivity contribution < 1.29 is 19.4 Å². The summed E-state index contributed by atoms with van der Waals surface area (Å²) in [6.45, 7) is 8.63. The summed E-state index contributed by atoms with van der Waals surface area (Å²) in [5.74, 6) is 1.46. The van der Waals surface area contributed by atoms with Gasteiger partial charge in [0.2, 0.25) is 0 Å². The molecule has 4 rings (SSSR count). The molecule has 4 aliphatic rings. The number of hydrogen-bond acceptors (Lipinski definition) is 4. The van der Waals surface area contributed by atoms with E-state index < -0.39 is 17.3 Å². The molecule has 1 N–H and O–H groups in total. The van der Waals surface area contributed by atoms with Crippen LogP contribution in [0.5, 0.6) is 0 Å². The van der Waals surface area contributed by atoms with Crippen molar-refractivity contribution in [3.63, 3.8) is 0 Å². The van der Waals surface area contributed by atoms with Gasteiger partial charge in [0.1, 0.15) is 11.7 Å². The molecule has 2 heterocycles. The smallest absolute Gasteiger partial charge is 0.330 e. The zero-order valence-corrected chi connectivity index (χ0v) is 18.0. The van der Waals surface area contributed by atoms with Crippen LogP contribution in [0.3, 0.4) is 0 Å². The molecule has 2 aliphatic heterocycles. The molecule has 0 aromatic rings. The molecule has 0 aromatic heterocycles. The summed E-state index contributed by atoms with van der Waals surface area (Å²) < 4.78 is 12.9. The minimum Gasteiger partial charge on any atom is -0.456 e. The molecular formula is C24H38O4. The van der Waals surface area contributed by atoms with Gasteiger partial charge in [-0.25, -0.2) is 4.79 Å². The predicted octanol–water partition coefficient (Wildman–Crippen LogP) is 4.65. The molecule has 0 amide bonds. The maximum atomic E-state index is 12.8. The lowest BCUT2D eigenvalue weighted by molar-refractivity contribution is -0.263. The van der Waals surface area contributed by atoms with Gasteiger partial charge in [0.05, 0.1) is 11.7 Å². The molecule has 0 aromatic carbocycles. The SMILES string of the molecule is CC1CCC2C1C(OC(=O)/C=C/C1CCCCC1)C1(C(C)C)CC(O)C2(C)O1. The van der Waals surface area contributed by atoms with E-state index in [1.807, 2.05) is 0 Å². The number of fused-ring (bicyclic) bond motifs is 4. The average Bonchev–Trinajstić information content (AvgIpc) is 3.16. The molecule has 2 saturated carbocycles. The molecule has 2 aliphatic carbocycles. The van der Waals surface area contributed by atoms with Crippen LogP contribution in [-0.4, -0.2) is 34.5 Å². The van der Waals surface area contributed by atoms with Crippen molar-refractivity contribution in [1.82, 2.24) is 0 Å². The topological polar surface area (TPSA) is 55.8 Å². The summed E-state index contributed by atoms with van der Waals surface area (Å²) in [5, 5.41) is 11.0. The molecule has 7 atom stereocenters. The Bertz CT molecular complexity index is 622. The van der Waals surface area contributed by atoms with Crippen LogP contribution >= 0.6 is 0 Å². The Hall–Kier alpha value is -0.870. The highest BCUT2D eigenvalue weighted by Gasteiger charge is 2.70. The van der Waals surface area contributed by atoms with Crippen LogP contribution in [0.15, 0.2) is 12.2 Å². The van der Waals surface area contributed by atoms with Gasteiger partial charge in [-0.15, -0.1) is 0 Å². The van der Waals surface area contributed by atoms with E-state index in [2.05, 4.69) is 33.8 Å². The third-order valence-electron chi connectivity index (χ3n) is 8.58. The molecule has 0 radical (unpaired) electrons. The maximum Gasteiger partial charge on any atom is 0.330 e. The number of esters is 1. The van der Waals surface area contributed by atoms with E-state index >= 15 is 0 Å². The van der Waals surface area contributed by atoms with Gasteiger partial charge in [-0.1, -0.05) is 46.1 Å². The van der Waals surface area contributed by atoms with Crippen molar-refractivity contribution in [2.24, 2.45) is 29.6 Å². The van der Waals surface area contributed by atoms with Crippen LogP contribution in [0.1, 0.15) is 79.1 Å². The van der Waals surface area contributed by atoms with Gasteiger partial charge in [-0.05, 0) is 56.3 Å². The van der Waals surface area contributed by atoms with Crippen LogP contribution in [-0.2, 0) is 14.3 Å². The van der Waals surface area contributed by atoms with Crippen molar-refractivity contribution in [3.05, 3.63) is 12.2 Å². The van der Waals surface area contributed by atoms with E-state index in [1.54, 1.807) is 6.08 Å². The van der Waals surface area contributed by atoms with Crippen molar-refractivity contribution >= 4 is 5.97 Å². The van der Waals surface area contributed by atoms with E-state index in [4.69, 9.17) is 9.47 Å². The summed E-state index contributed by atoms with van der Waals surface area (Å²) in [6, 6.07) is 0. The van der Waals surface area contributed by atoms with E-state index in [0.29, 0.717) is 18.3 Å². The number of carbonyl (C=O) groups is 1. The molecule has 0 spiro atoms. The first-order valence-corrected chi connectivity index (χ1v) is 11.5. The summed E-state index contributed by atoms with van der Waals surface area (Å²) in [5.41, 5.74) is -1.09. The normalized spacial score (nSPS) is 46.3. The molecule has 2 saturated heterocycles. The Morgan fingerprint density at radius 2 is 1.89 bits per heavy atom. The third kappa shape index (κ3) is 3.15. The Labute approximate surface area is 170 Å². The summed E-state index contributed by atoms with van der Waals surface area (Å²) in [7, 11) is 0. The lowest BCUT2D eigenvalue weighted by Crippen LogP contribution is -2.62. The van der Waals surface area contributed by atoms with Crippen LogP contribution in [0, 0.1) is 29.6 Å². The van der Waals surface area contributed by atoms with Gasteiger partial charge in [0.15, 0.2) is 0 Å². The zero-order valence-electron chi connectivity index (χ0n) is 18.0. The molecule has 4 fully saturated rings. The van der Waals surface area contributed by atoms with Crippen molar-refractivity contribution in [3.8, 4) is 0 Å². The molecule has 7 unspecified atom stereocenters. The molecule has 2 bridgehead atoms. The Morgan fingerprint density at radius 1 is 1.18 bits per heavy atom. The first-order valence-electron chi connectivity index (χ1n) is 11.5. The van der Waals surface area contributed by atoms with Gasteiger partial charge in [0, 0.05) is 18.4 Å². The van der Waals surface area contributed by atoms with E-state index in [0.717, 1.165) is 12.8 Å². The number of aliphatic hydroxyl groups excluding tert-OH is 1. The average molecular weight is 391 g/mol. The van der Waals surface area contributed by atoms with E-state index in [1.165, 1.54) is 32.1 Å². The Balaban J connectivity index is 1.58. The quantitative estimate of drug-likeness (QED) is 0.561. The van der Waals surface area contributed by atoms with Gasteiger partial charge < -0.3 is 14.6 Å². The van der Waals surface area contributed by atoms with Crippen molar-refractivity contribution in [2.75, 3.05) is 0 Å². The monoisotopic (exact) mass is 390 g/mol. The molecule has 158 valence electrons. The summed E-state index contributed by atoms with van der Waals surface area (Å²) >= 11 is 0. The number of hydrogen-bond donors (Lipinski definition) is 1. The number of carbonyl (C=O) groups excluding carboxylic acids is 1. The fraction of sp³-hybridized carbons (Fsp3) is 0.875. The largest absolute Gasteiger partial charge is 0.456 e. The van der Waals surface area contributed by atoms with Crippen LogP contribution < -0.4 is 0 Å². The van der Waals surface area contributed by atoms with Gasteiger partial charge >= 0.3 is 5.97 Å². The fourth-order valence-corrected chi connectivity index (χ4v) is 6.81. The lowest BCUT2D eigenvalue weighted by atomic mass is 9.69. The van der Waals surface area contributed by atoms with Crippen molar-refractivity contribution in [2.45, 2.75) is 102 Å². The van der Waals surface area contributed by atoms with Crippen LogP contribution in [0.4, 0.5) is 0 Å². The first kappa shape index (κ1) is 20.4. The highest BCUT2D eigenvalue weighted by molar-refractivity contribution is 5.82. The summed E-state index contributed by atoms with van der Waals surface area (Å²) in [6.07, 6.45) is 11.9. The second-order valence-electron chi connectivity index (χ2n) is 10.5. The number of aliphatic hydroxyl groups is 1. The summed E-state index contributed by atoms with van der Waals surface area (Å²) in [4.78, 5) is 12.8. The second kappa shape index (κ2) is 7.43. The number of allylic oxidation sites excluding steroid dienone is 1. The maximum absolute atomic E-state index is 12.8. The highest BCUT2D eigenvalue weighted by Crippen LogP contribution is 2.62. The number of ether oxygens (including phenoxy) is 2. The molecular weight excluding hydrogens is 352 g/mol. The van der Waals surface area contributed by atoms with Crippen molar-refractivity contribution in [1.29, 1.82) is 0 Å². The zero-order chi connectivity index (χ0) is 20.1. The molecule has 4 heteroatoms.